The highest BCUT2D eigenvalue weighted by Crippen LogP contribution is 2.35. The molecule has 1 amide bonds. The normalized spacial score (nSPS) is 11.2. The number of nitro groups is 1. The lowest BCUT2D eigenvalue weighted by molar-refractivity contribution is -0.384. The molecule has 8 nitrogen and oxygen atoms in total. The predicted octanol–water partition coefficient (Wildman–Crippen LogP) is 4.13. The van der Waals surface area contributed by atoms with Gasteiger partial charge in [-0.3, -0.25) is 14.9 Å². The van der Waals surface area contributed by atoms with Crippen molar-refractivity contribution in [2.24, 2.45) is 0 Å². The molecule has 0 fully saturated rings. The van der Waals surface area contributed by atoms with Crippen molar-refractivity contribution in [3.63, 3.8) is 0 Å². The number of anilines is 1. The monoisotopic (exact) mass is 420 g/mol. The number of halogens is 3. The quantitative estimate of drug-likeness (QED) is 0.478. The molecule has 0 bridgehead atoms. The van der Waals surface area contributed by atoms with Gasteiger partial charge in [0.15, 0.2) is 6.61 Å². The van der Waals surface area contributed by atoms with Crippen LogP contribution in [0.1, 0.15) is 11.3 Å². The van der Waals surface area contributed by atoms with Gasteiger partial charge in [0, 0.05) is 18.2 Å². The molecule has 0 aliphatic carbocycles. The number of rotatable bonds is 6. The van der Waals surface area contributed by atoms with Gasteiger partial charge in [0.2, 0.25) is 0 Å². The standard InChI is InChI=1S/C19H15F3N4O4/c1-12-10-17(25(24-12)13-6-8-14(9-7-13)26(28)29)23-18(27)11-30-16-5-3-2-4-15(16)19(20,21)22/h2-10H,11H2,1H3,(H,23,27). The zero-order valence-corrected chi connectivity index (χ0v) is 15.5. The minimum absolute atomic E-state index is 0.107. The molecule has 0 spiro atoms. The number of benzene rings is 2. The Morgan fingerprint density at radius 1 is 1.20 bits per heavy atom. The van der Waals surface area contributed by atoms with E-state index < -0.39 is 34.9 Å². The van der Waals surface area contributed by atoms with E-state index in [1.165, 1.54) is 41.1 Å². The Labute approximate surface area is 168 Å². The van der Waals surface area contributed by atoms with Crippen molar-refractivity contribution in [1.82, 2.24) is 9.78 Å². The number of para-hydroxylation sites is 1. The Hall–Kier alpha value is -3.89. The number of nitro benzene ring substituents is 1. The molecule has 0 aliphatic rings. The highest BCUT2D eigenvalue weighted by atomic mass is 19.4. The van der Waals surface area contributed by atoms with Gasteiger partial charge in [-0.2, -0.15) is 18.3 Å². The zero-order valence-electron chi connectivity index (χ0n) is 15.5. The lowest BCUT2D eigenvalue weighted by Crippen LogP contribution is -2.22. The van der Waals surface area contributed by atoms with Crippen molar-refractivity contribution in [2.45, 2.75) is 13.1 Å². The first kappa shape index (κ1) is 20.8. The van der Waals surface area contributed by atoms with Crippen molar-refractivity contribution in [3.8, 4) is 11.4 Å². The molecule has 0 radical (unpaired) electrons. The fraction of sp³-hybridized carbons (Fsp3) is 0.158. The summed E-state index contributed by atoms with van der Waals surface area (Å²) in [5, 5.41) is 17.5. The smallest absolute Gasteiger partial charge is 0.419 e. The first-order valence-electron chi connectivity index (χ1n) is 8.55. The first-order valence-corrected chi connectivity index (χ1v) is 8.55. The molecule has 11 heteroatoms. The Morgan fingerprint density at radius 3 is 2.50 bits per heavy atom. The van der Waals surface area contributed by atoms with E-state index in [2.05, 4.69) is 10.4 Å². The second-order valence-corrected chi connectivity index (χ2v) is 6.19. The average Bonchev–Trinajstić information content (AvgIpc) is 3.06. The van der Waals surface area contributed by atoms with Crippen LogP contribution in [0.25, 0.3) is 5.69 Å². The number of nitrogens with zero attached hydrogens (tertiary/aromatic N) is 3. The number of non-ortho nitro benzene ring substituents is 1. The van der Waals surface area contributed by atoms with Crippen LogP contribution in [0, 0.1) is 17.0 Å². The SMILES string of the molecule is Cc1cc(NC(=O)COc2ccccc2C(F)(F)F)n(-c2ccc([N+](=O)[O-])cc2)n1. The number of amides is 1. The minimum Gasteiger partial charge on any atom is -0.483 e. The largest absolute Gasteiger partial charge is 0.483 e. The number of aryl methyl sites for hydroxylation is 1. The van der Waals surface area contributed by atoms with Crippen molar-refractivity contribution in [2.75, 3.05) is 11.9 Å². The average molecular weight is 420 g/mol. The van der Waals surface area contributed by atoms with Gasteiger partial charge in [-0.15, -0.1) is 0 Å². The van der Waals surface area contributed by atoms with Crippen molar-refractivity contribution in [3.05, 3.63) is 76.0 Å². The molecule has 0 saturated heterocycles. The third kappa shape index (κ3) is 4.74. The Kier molecular flexibility index (Phi) is 5.72. The number of hydrogen-bond donors (Lipinski definition) is 1. The van der Waals surface area contributed by atoms with Gasteiger partial charge < -0.3 is 10.1 Å². The number of nitrogens with one attached hydrogen (secondary N) is 1. The molecule has 1 N–H and O–H groups in total. The van der Waals surface area contributed by atoms with E-state index in [0.29, 0.717) is 11.4 Å². The third-order valence-electron chi connectivity index (χ3n) is 3.96. The maximum Gasteiger partial charge on any atom is 0.419 e. The van der Waals surface area contributed by atoms with Crippen molar-refractivity contribution < 1.29 is 27.6 Å². The van der Waals surface area contributed by atoms with Crippen LogP contribution < -0.4 is 10.1 Å². The van der Waals surface area contributed by atoms with Crippen LogP contribution in [0.2, 0.25) is 0 Å². The first-order chi connectivity index (χ1) is 14.1. The fourth-order valence-corrected chi connectivity index (χ4v) is 2.65. The Bertz CT molecular complexity index is 1080. The highest BCUT2D eigenvalue weighted by molar-refractivity contribution is 5.91. The summed E-state index contributed by atoms with van der Waals surface area (Å²) < 4.78 is 45.4. The van der Waals surface area contributed by atoms with Gasteiger partial charge in [0.1, 0.15) is 11.6 Å². The van der Waals surface area contributed by atoms with Gasteiger partial charge in [-0.1, -0.05) is 12.1 Å². The van der Waals surface area contributed by atoms with Gasteiger partial charge in [0.05, 0.1) is 21.9 Å². The molecule has 0 atom stereocenters. The van der Waals surface area contributed by atoms with Gasteiger partial charge in [-0.05, 0) is 31.2 Å². The predicted molar refractivity (Wildman–Crippen MR) is 101 cm³/mol. The molecule has 3 rings (SSSR count). The summed E-state index contributed by atoms with van der Waals surface area (Å²) in [7, 11) is 0. The van der Waals surface area contributed by atoms with E-state index in [1.807, 2.05) is 0 Å². The Morgan fingerprint density at radius 2 is 1.87 bits per heavy atom. The lowest BCUT2D eigenvalue weighted by atomic mass is 10.2. The van der Waals surface area contributed by atoms with Crippen LogP contribution >= 0.6 is 0 Å². The number of carbonyl (C=O) groups excluding carboxylic acids is 1. The molecular weight excluding hydrogens is 405 g/mol. The highest BCUT2D eigenvalue weighted by Gasteiger charge is 2.34. The maximum absolute atomic E-state index is 13.0. The molecule has 156 valence electrons. The number of carbonyl (C=O) groups is 1. The van der Waals surface area contributed by atoms with Gasteiger partial charge in [0.25, 0.3) is 11.6 Å². The van der Waals surface area contributed by atoms with E-state index in [-0.39, 0.29) is 11.5 Å². The molecule has 1 aromatic heterocycles. The molecule has 30 heavy (non-hydrogen) atoms. The van der Waals surface area contributed by atoms with E-state index in [4.69, 9.17) is 4.74 Å². The van der Waals surface area contributed by atoms with Crippen LogP contribution in [0.3, 0.4) is 0 Å². The van der Waals surface area contributed by atoms with E-state index in [9.17, 15) is 28.1 Å². The Balaban J connectivity index is 1.73. The topological polar surface area (TPSA) is 99.3 Å². The van der Waals surface area contributed by atoms with Crippen LogP contribution in [-0.2, 0) is 11.0 Å². The lowest BCUT2D eigenvalue weighted by Gasteiger charge is -2.14. The van der Waals surface area contributed by atoms with E-state index >= 15 is 0 Å². The number of ether oxygens (including phenoxy) is 1. The number of alkyl halides is 3. The van der Waals surface area contributed by atoms with E-state index in [0.717, 1.165) is 12.1 Å². The van der Waals surface area contributed by atoms with Gasteiger partial charge in [-0.25, -0.2) is 4.68 Å². The summed E-state index contributed by atoms with van der Waals surface area (Å²) in [6.07, 6.45) is -4.61. The maximum atomic E-state index is 13.0. The zero-order chi connectivity index (χ0) is 21.9. The second kappa shape index (κ2) is 8.23. The molecule has 2 aromatic carbocycles. The summed E-state index contributed by atoms with van der Waals surface area (Å²) in [5.74, 6) is -0.922. The number of aromatic nitrogens is 2. The summed E-state index contributed by atoms with van der Waals surface area (Å²) in [6, 6.07) is 11.6. The number of hydrogen-bond acceptors (Lipinski definition) is 5. The van der Waals surface area contributed by atoms with E-state index in [1.54, 1.807) is 13.0 Å². The van der Waals surface area contributed by atoms with Crippen LogP contribution in [-0.4, -0.2) is 27.2 Å². The van der Waals surface area contributed by atoms with Crippen LogP contribution in [0.5, 0.6) is 5.75 Å². The van der Waals surface area contributed by atoms with Gasteiger partial charge >= 0.3 is 6.18 Å². The molecule has 3 aromatic rings. The second-order valence-electron chi connectivity index (χ2n) is 6.19. The summed E-state index contributed by atoms with van der Waals surface area (Å²) in [5.41, 5.74) is -0.0890. The summed E-state index contributed by atoms with van der Waals surface area (Å²) in [4.78, 5) is 22.5. The fourth-order valence-electron chi connectivity index (χ4n) is 2.65. The summed E-state index contributed by atoms with van der Waals surface area (Å²) in [6.45, 7) is 1.02. The molecule has 0 unspecified atom stereocenters. The van der Waals surface area contributed by atoms with Crippen LogP contribution in [0.4, 0.5) is 24.7 Å². The third-order valence-corrected chi connectivity index (χ3v) is 3.96. The molecule has 0 saturated carbocycles. The van der Waals surface area contributed by atoms with Crippen molar-refractivity contribution >= 4 is 17.4 Å². The van der Waals surface area contributed by atoms with Crippen molar-refractivity contribution in [1.29, 1.82) is 0 Å². The van der Waals surface area contributed by atoms with Crippen LogP contribution in [0.15, 0.2) is 54.6 Å². The molecular formula is C19H15F3N4O4. The minimum atomic E-state index is -4.61. The molecule has 1 heterocycles. The summed E-state index contributed by atoms with van der Waals surface area (Å²) >= 11 is 0. The molecule has 0 aliphatic heterocycles.